The lowest BCUT2D eigenvalue weighted by atomic mass is 9.82. The zero-order valence-corrected chi connectivity index (χ0v) is 47.2. The maximum Gasteiger partial charge on any atom is 0.0547 e. The molecule has 0 unspecified atom stereocenters. The van der Waals surface area contributed by atoms with E-state index in [1.807, 2.05) is 0 Å². The number of rotatable bonds is 9. The molecule has 1 aliphatic rings. The van der Waals surface area contributed by atoms with E-state index in [0.717, 1.165) is 28.4 Å². The zero-order chi connectivity index (χ0) is 56.3. The first kappa shape index (κ1) is 48.7. The summed E-state index contributed by atoms with van der Waals surface area (Å²) in [7, 11) is 0. The van der Waals surface area contributed by atoms with E-state index in [1.54, 1.807) is 0 Å². The molecule has 3 heterocycles. The second-order valence-electron chi connectivity index (χ2n) is 23.3. The van der Waals surface area contributed by atoms with Crippen molar-refractivity contribution >= 4 is 82.5 Å². The quantitative estimate of drug-likeness (QED) is 0.141. The summed E-state index contributed by atoms with van der Waals surface area (Å²) in [6.07, 6.45) is 0. The first-order chi connectivity index (χ1) is 41.9. The molecule has 400 valence electrons. The molecule has 0 spiro atoms. The Balaban J connectivity index is 0.738. The Bertz CT molecular complexity index is 5240. The van der Waals surface area contributed by atoms with Crippen LogP contribution in [0.5, 0.6) is 0 Å². The molecule has 16 aromatic rings. The molecule has 0 amide bonds. The molecule has 85 heavy (non-hydrogen) atoms. The van der Waals surface area contributed by atoms with Crippen LogP contribution in [0.15, 0.2) is 303 Å². The highest BCUT2D eigenvalue weighted by atomic mass is 15.1. The van der Waals surface area contributed by atoms with E-state index in [2.05, 4.69) is 336 Å². The van der Waals surface area contributed by atoms with Crippen molar-refractivity contribution in [3.05, 3.63) is 314 Å². The molecular formula is C81H56N4. The Kier molecular flexibility index (Phi) is 10.9. The van der Waals surface area contributed by atoms with E-state index in [9.17, 15) is 0 Å². The summed E-state index contributed by atoms with van der Waals surface area (Å²) in [6.45, 7) is 4.79. The van der Waals surface area contributed by atoms with Crippen molar-refractivity contribution in [2.75, 3.05) is 4.90 Å². The highest BCUT2D eigenvalue weighted by Gasteiger charge is 2.37. The van der Waals surface area contributed by atoms with Gasteiger partial charge in [-0.15, -0.1) is 0 Å². The minimum absolute atomic E-state index is 0.269. The highest BCUT2D eigenvalue weighted by molar-refractivity contribution is 6.12. The van der Waals surface area contributed by atoms with E-state index in [4.69, 9.17) is 0 Å². The average Bonchev–Trinajstić information content (AvgIpc) is 2.23. The fraction of sp³-hybridized carbons (Fsp3) is 0.0370. The second-order valence-corrected chi connectivity index (χ2v) is 23.3. The van der Waals surface area contributed by atoms with Crippen LogP contribution in [0.25, 0.3) is 127 Å². The van der Waals surface area contributed by atoms with Gasteiger partial charge in [-0.1, -0.05) is 202 Å². The first-order valence-electron chi connectivity index (χ1n) is 29.5. The van der Waals surface area contributed by atoms with Gasteiger partial charge in [-0.05, 0) is 171 Å². The maximum absolute atomic E-state index is 2.45. The van der Waals surface area contributed by atoms with Gasteiger partial charge in [0.25, 0.3) is 0 Å². The predicted molar refractivity (Wildman–Crippen MR) is 358 cm³/mol. The largest absolute Gasteiger partial charge is 0.310 e. The summed E-state index contributed by atoms with van der Waals surface area (Å²) in [5, 5.41) is 7.54. The molecule has 0 saturated carbocycles. The van der Waals surface area contributed by atoms with E-state index in [0.29, 0.717) is 0 Å². The van der Waals surface area contributed by atoms with E-state index in [1.165, 1.54) is 127 Å². The lowest BCUT2D eigenvalue weighted by molar-refractivity contribution is 0.660. The number of hydrogen-bond donors (Lipinski definition) is 0. The topological polar surface area (TPSA) is 18.0 Å². The number of nitrogens with zero attached hydrogens (tertiary/aromatic N) is 4. The number of aromatic nitrogens is 3. The molecule has 0 fully saturated rings. The zero-order valence-electron chi connectivity index (χ0n) is 47.2. The molecule has 0 bridgehead atoms. The van der Waals surface area contributed by atoms with Crippen LogP contribution in [0.3, 0.4) is 0 Å². The monoisotopic (exact) mass is 1080 g/mol. The van der Waals surface area contributed by atoms with Gasteiger partial charge in [0.15, 0.2) is 0 Å². The van der Waals surface area contributed by atoms with Crippen LogP contribution in [0.1, 0.15) is 25.0 Å². The molecule has 0 radical (unpaired) electrons. The van der Waals surface area contributed by atoms with E-state index in [-0.39, 0.29) is 5.41 Å². The molecule has 13 aromatic carbocycles. The smallest absolute Gasteiger partial charge is 0.0547 e. The van der Waals surface area contributed by atoms with E-state index < -0.39 is 0 Å². The fourth-order valence-electron chi connectivity index (χ4n) is 14.1. The molecule has 0 aliphatic heterocycles. The Morgan fingerprint density at radius 2 is 0.588 bits per heavy atom. The molecule has 4 nitrogen and oxygen atoms in total. The first-order valence-corrected chi connectivity index (χ1v) is 29.5. The summed E-state index contributed by atoms with van der Waals surface area (Å²) in [5.74, 6) is 0. The highest BCUT2D eigenvalue weighted by Crippen LogP contribution is 2.52. The summed E-state index contributed by atoms with van der Waals surface area (Å²) >= 11 is 0. The molecule has 1 aliphatic carbocycles. The van der Waals surface area contributed by atoms with Crippen molar-refractivity contribution in [1.82, 2.24) is 13.7 Å². The third-order valence-corrected chi connectivity index (χ3v) is 18.3. The standard InChI is InChI=1S/C81H56N4/c1-81(2)73-51-63(43-46-65(73)66-47-44-64(52-74(66)81)85-76-26-14-9-21-67(76)68-22-10-15-27-77(68)85)82(62-41-35-56(36-42-62)57-38-48-79-72(49-57)70-24-12-16-28-78(70)83(79)59-17-5-3-6-18-59)61-39-33-54(34-40-61)53-29-31-55(32-30-53)58-37-45-71-69-23-11-13-25-75(69)84(80(71)50-58)60-19-7-4-8-20-60/h3-52H,1-2H3. The van der Waals surface area contributed by atoms with Crippen molar-refractivity contribution in [2.45, 2.75) is 19.3 Å². The fourth-order valence-corrected chi connectivity index (χ4v) is 14.1. The lowest BCUT2D eigenvalue weighted by Gasteiger charge is -2.28. The molecular weight excluding hydrogens is 1030 g/mol. The minimum atomic E-state index is -0.269. The molecule has 0 atom stereocenters. The summed E-state index contributed by atoms with van der Waals surface area (Å²) in [5.41, 5.74) is 26.1. The summed E-state index contributed by atoms with van der Waals surface area (Å²) < 4.78 is 7.21. The minimum Gasteiger partial charge on any atom is -0.310 e. The van der Waals surface area contributed by atoms with Gasteiger partial charge >= 0.3 is 0 Å². The molecule has 0 saturated heterocycles. The number of benzene rings is 13. The lowest BCUT2D eigenvalue weighted by Crippen LogP contribution is -2.17. The van der Waals surface area contributed by atoms with Gasteiger partial charge in [0.1, 0.15) is 0 Å². The van der Waals surface area contributed by atoms with E-state index >= 15 is 0 Å². The van der Waals surface area contributed by atoms with Crippen LogP contribution in [0, 0.1) is 0 Å². The number of anilines is 3. The maximum atomic E-state index is 2.45. The van der Waals surface area contributed by atoms with Crippen molar-refractivity contribution in [3.8, 4) is 61.6 Å². The SMILES string of the molecule is CC1(C)c2cc(N(c3ccc(-c4ccc(-c5ccc6c7ccccc7n(-c7ccccc7)c6c5)cc4)cc3)c3ccc(-c4ccc5c(c4)c4ccccc4n5-c4ccccc4)cc3)ccc2-c2ccc(-n3c4ccccc4c4ccccc43)cc21. The van der Waals surface area contributed by atoms with Crippen LogP contribution in [-0.4, -0.2) is 13.7 Å². The summed E-state index contributed by atoms with van der Waals surface area (Å²) in [4.78, 5) is 2.43. The Morgan fingerprint density at radius 1 is 0.235 bits per heavy atom. The van der Waals surface area contributed by atoms with Crippen LogP contribution in [-0.2, 0) is 5.41 Å². The van der Waals surface area contributed by atoms with Crippen LogP contribution in [0.4, 0.5) is 17.1 Å². The number of fused-ring (bicyclic) bond motifs is 12. The van der Waals surface area contributed by atoms with Gasteiger partial charge in [-0.3, -0.25) is 0 Å². The van der Waals surface area contributed by atoms with Crippen LogP contribution < -0.4 is 4.90 Å². The van der Waals surface area contributed by atoms with Crippen LogP contribution >= 0.6 is 0 Å². The van der Waals surface area contributed by atoms with Gasteiger partial charge in [-0.2, -0.15) is 0 Å². The van der Waals surface area contributed by atoms with Gasteiger partial charge in [0.05, 0.1) is 33.1 Å². The third kappa shape index (κ3) is 7.69. The molecule has 3 aromatic heterocycles. The van der Waals surface area contributed by atoms with Gasteiger partial charge in [0, 0.05) is 71.9 Å². The third-order valence-electron chi connectivity index (χ3n) is 18.3. The molecule has 4 heteroatoms. The Morgan fingerprint density at radius 3 is 1.12 bits per heavy atom. The second kappa shape index (κ2) is 19.1. The normalized spacial score (nSPS) is 12.7. The van der Waals surface area contributed by atoms with Crippen LogP contribution in [0.2, 0.25) is 0 Å². The number of hydrogen-bond acceptors (Lipinski definition) is 1. The van der Waals surface area contributed by atoms with Gasteiger partial charge in [-0.25, -0.2) is 0 Å². The predicted octanol–water partition coefficient (Wildman–Crippen LogP) is 21.8. The molecule has 0 N–H and O–H groups in total. The average molecular weight is 1090 g/mol. The number of para-hydroxylation sites is 6. The van der Waals surface area contributed by atoms with Gasteiger partial charge < -0.3 is 18.6 Å². The Labute approximate surface area is 493 Å². The van der Waals surface area contributed by atoms with Gasteiger partial charge in [0.2, 0.25) is 0 Å². The van der Waals surface area contributed by atoms with Crippen molar-refractivity contribution in [1.29, 1.82) is 0 Å². The van der Waals surface area contributed by atoms with Crippen molar-refractivity contribution in [2.24, 2.45) is 0 Å². The Hall–Kier alpha value is -10.9. The van der Waals surface area contributed by atoms with Crippen molar-refractivity contribution in [3.63, 3.8) is 0 Å². The van der Waals surface area contributed by atoms with Crippen molar-refractivity contribution < 1.29 is 0 Å². The molecule has 17 rings (SSSR count). The summed E-state index contributed by atoms with van der Waals surface area (Å²) in [6, 6.07) is 112.